The van der Waals surface area contributed by atoms with E-state index in [0.29, 0.717) is 46.5 Å². The molecule has 0 radical (unpaired) electrons. The van der Waals surface area contributed by atoms with Crippen molar-refractivity contribution in [3.63, 3.8) is 0 Å². The maximum absolute atomic E-state index is 13.3. The van der Waals surface area contributed by atoms with Gasteiger partial charge in [-0.1, -0.05) is 25.4 Å². The summed E-state index contributed by atoms with van der Waals surface area (Å²) in [5.74, 6) is -0.0403. The number of hydrogen-bond acceptors (Lipinski definition) is 12. The number of piperidine rings is 2. The van der Waals surface area contributed by atoms with E-state index in [2.05, 4.69) is 55.4 Å². The average Bonchev–Trinajstić information content (AvgIpc) is 3.65. The summed E-state index contributed by atoms with van der Waals surface area (Å²) < 4.78 is 6.25. The third-order valence-corrected chi connectivity index (χ3v) is 12.7. The van der Waals surface area contributed by atoms with Crippen molar-refractivity contribution in [3.8, 4) is 11.8 Å². The minimum absolute atomic E-state index is 0.0868. The van der Waals surface area contributed by atoms with Gasteiger partial charge in [-0.3, -0.25) is 39.1 Å². The molecule has 4 aliphatic heterocycles. The molecule has 8 rings (SSSR count). The van der Waals surface area contributed by atoms with Crippen LogP contribution >= 0.6 is 11.6 Å². The van der Waals surface area contributed by atoms with Crippen molar-refractivity contribution < 1.29 is 28.7 Å². The zero-order valence-electron chi connectivity index (χ0n) is 32.6. The number of fused-ring (bicyclic) bond motifs is 1. The van der Waals surface area contributed by atoms with Gasteiger partial charge in [0.25, 0.3) is 11.8 Å². The fourth-order valence-corrected chi connectivity index (χ4v) is 9.21. The smallest absolute Gasteiger partial charge is 0.262 e. The van der Waals surface area contributed by atoms with Crippen molar-refractivity contribution >= 4 is 58.5 Å². The number of hydrogen-bond donors (Lipinski definition) is 2. The second-order valence-electron chi connectivity index (χ2n) is 16.6. The van der Waals surface area contributed by atoms with Crippen molar-refractivity contribution in [3.05, 3.63) is 70.2 Å². The number of carbonyl (C=O) groups is 5. The molecule has 302 valence electrons. The van der Waals surface area contributed by atoms with Gasteiger partial charge < -0.3 is 19.9 Å². The second kappa shape index (κ2) is 16.0. The highest BCUT2D eigenvalue weighted by molar-refractivity contribution is 6.31. The standard InChI is InChI=1S/C42H46ClN9O6/c1-42(2)22-27(19-34(42)58-29-5-3-26(23-44)32(43)21-29)38(54)45-35-8-9-36(48-47-35)51-13-11-25(12-14-51)24-49-15-17-50(18-16-49)28-4-6-30-31(20-28)41(57)52(40(30)56)33-7-10-37(53)46-39(33)55/h3-6,8-9,20-21,25,27,33-34H,7,10-19,22,24H2,1-2H3,(H,45,47,54)(H,46,53,55)/t27-,33?,34-/m0/s1. The van der Waals surface area contributed by atoms with Gasteiger partial charge in [0.05, 0.1) is 21.7 Å². The van der Waals surface area contributed by atoms with E-state index in [1.54, 1.807) is 30.3 Å². The molecule has 16 heteroatoms. The Morgan fingerprint density at radius 1 is 0.931 bits per heavy atom. The second-order valence-corrected chi connectivity index (χ2v) is 17.1. The van der Waals surface area contributed by atoms with Crippen molar-refractivity contribution in [1.82, 2.24) is 25.3 Å². The molecule has 3 saturated heterocycles. The van der Waals surface area contributed by atoms with Crippen LogP contribution in [0.2, 0.25) is 5.02 Å². The lowest BCUT2D eigenvalue weighted by Crippen LogP contribution is -2.54. The van der Waals surface area contributed by atoms with Crippen LogP contribution in [0.25, 0.3) is 0 Å². The number of carbonyl (C=O) groups excluding carboxylic acids is 5. The highest BCUT2D eigenvalue weighted by Gasteiger charge is 2.46. The monoisotopic (exact) mass is 807 g/mol. The third kappa shape index (κ3) is 7.95. The van der Waals surface area contributed by atoms with E-state index in [-0.39, 0.29) is 41.7 Å². The summed E-state index contributed by atoms with van der Waals surface area (Å²) >= 11 is 6.21. The summed E-state index contributed by atoms with van der Waals surface area (Å²) in [6, 6.07) is 15.1. The number of aromatic nitrogens is 2. The first-order valence-electron chi connectivity index (χ1n) is 20.0. The lowest BCUT2D eigenvalue weighted by molar-refractivity contribution is -0.136. The molecule has 0 bridgehead atoms. The first kappa shape index (κ1) is 39.2. The predicted molar refractivity (Wildman–Crippen MR) is 214 cm³/mol. The molecular weight excluding hydrogens is 762 g/mol. The summed E-state index contributed by atoms with van der Waals surface area (Å²) in [5.41, 5.74) is 1.59. The largest absolute Gasteiger partial charge is 0.490 e. The Bertz CT molecular complexity index is 2180. The van der Waals surface area contributed by atoms with Crippen LogP contribution in [-0.2, 0) is 14.4 Å². The molecule has 5 heterocycles. The van der Waals surface area contributed by atoms with Crippen LogP contribution in [0.1, 0.15) is 78.7 Å². The SMILES string of the molecule is CC1(C)C[C@@H](C(=O)Nc2ccc(N3CCC(CN4CCN(c5ccc6c(c5)C(=O)N(C5CCC(=O)NC5=O)C6=O)CC4)CC3)nn2)C[C@@H]1Oc1ccc(C#N)c(Cl)c1. The quantitative estimate of drug-likeness (QED) is 0.294. The van der Waals surface area contributed by atoms with Gasteiger partial charge in [-0.05, 0) is 80.5 Å². The molecule has 1 unspecified atom stereocenters. The van der Waals surface area contributed by atoms with Gasteiger partial charge in [-0.15, -0.1) is 10.2 Å². The summed E-state index contributed by atoms with van der Waals surface area (Å²) in [6.45, 7) is 10.2. The number of amides is 5. The Morgan fingerprint density at radius 2 is 1.69 bits per heavy atom. The van der Waals surface area contributed by atoms with E-state index >= 15 is 0 Å². The number of halogens is 1. The third-order valence-electron chi connectivity index (χ3n) is 12.4. The number of ether oxygens (including phenoxy) is 1. The maximum atomic E-state index is 13.3. The van der Waals surface area contributed by atoms with Gasteiger partial charge in [0, 0.05) is 75.3 Å². The summed E-state index contributed by atoms with van der Waals surface area (Å²) in [7, 11) is 0. The summed E-state index contributed by atoms with van der Waals surface area (Å²) in [6.07, 6.45) is 3.27. The van der Waals surface area contributed by atoms with Gasteiger partial charge in [0.2, 0.25) is 17.7 Å². The molecule has 1 aliphatic carbocycles. The molecule has 5 aliphatic rings. The van der Waals surface area contributed by atoms with E-state index in [4.69, 9.17) is 21.6 Å². The topological polar surface area (TPSA) is 181 Å². The van der Waals surface area contributed by atoms with Gasteiger partial charge >= 0.3 is 0 Å². The molecule has 3 atom stereocenters. The summed E-state index contributed by atoms with van der Waals surface area (Å²) in [4.78, 5) is 71.7. The minimum Gasteiger partial charge on any atom is -0.490 e. The van der Waals surface area contributed by atoms with Crippen LogP contribution in [0.4, 0.5) is 17.3 Å². The molecule has 5 amide bonds. The van der Waals surface area contributed by atoms with Crippen LogP contribution in [0.5, 0.6) is 5.75 Å². The number of benzene rings is 2. The molecule has 1 aromatic heterocycles. The Hall–Kier alpha value is -5.59. The van der Waals surface area contributed by atoms with E-state index in [9.17, 15) is 24.0 Å². The Kier molecular flexibility index (Phi) is 10.8. The Balaban J connectivity index is 0.775. The first-order valence-corrected chi connectivity index (χ1v) is 20.3. The fraction of sp³-hybridized carbons (Fsp3) is 0.476. The maximum Gasteiger partial charge on any atom is 0.262 e. The van der Waals surface area contributed by atoms with Crippen LogP contribution in [0, 0.1) is 28.6 Å². The van der Waals surface area contributed by atoms with Crippen LogP contribution in [0.15, 0.2) is 48.5 Å². The highest BCUT2D eigenvalue weighted by Crippen LogP contribution is 2.44. The minimum atomic E-state index is -0.979. The number of nitriles is 1. The molecular formula is C42H46ClN9O6. The number of nitrogens with one attached hydrogen (secondary N) is 2. The Morgan fingerprint density at radius 3 is 2.38 bits per heavy atom. The van der Waals surface area contributed by atoms with Gasteiger partial charge in [-0.2, -0.15) is 5.26 Å². The molecule has 15 nitrogen and oxygen atoms in total. The van der Waals surface area contributed by atoms with Gasteiger partial charge in [-0.25, -0.2) is 0 Å². The lowest BCUT2D eigenvalue weighted by Gasteiger charge is -2.39. The van der Waals surface area contributed by atoms with Crippen molar-refractivity contribution in [2.24, 2.45) is 17.3 Å². The number of piperazine rings is 1. The van der Waals surface area contributed by atoms with Crippen molar-refractivity contribution in [2.75, 3.05) is 60.9 Å². The van der Waals surface area contributed by atoms with Gasteiger partial charge in [0.1, 0.15) is 24.0 Å². The van der Waals surface area contributed by atoms with E-state index in [1.165, 1.54) is 0 Å². The molecule has 4 fully saturated rings. The molecule has 1 saturated carbocycles. The van der Waals surface area contributed by atoms with E-state index in [0.717, 1.165) is 75.1 Å². The normalized spacial score (nSPS) is 23.8. The molecule has 2 N–H and O–H groups in total. The molecule has 58 heavy (non-hydrogen) atoms. The lowest BCUT2D eigenvalue weighted by atomic mass is 9.88. The van der Waals surface area contributed by atoms with E-state index < -0.39 is 29.7 Å². The summed E-state index contributed by atoms with van der Waals surface area (Å²) in [5, 5.41) is 23.5. The average molecular weight is 808 g/mol. The van der Waals surface area contributed by atoms with Gasteiger partial charge in [0.15, 0.2) is 11.6 Å². The number of anilines is 3. The fourth-order valence-electron chi connectivity index (χ4n) is 9.00. The van der Waals surface area contributed by atoms with Crippen molar-refractivity contribution in [1.29, 1.82) is 5.26 Å². The molecule has 0 spiro atoms. The van der Waals surface area contributed by atoms with Crippen molar-refractivity contribution in [2.45, 2.75) is 64.5 Å². The zero-order valence-corrected chi connectivity index (χ0v) is 33.3. The number of rotatable bonds is 9. The molecule has 3 aromatic rings. The molecule has 2 aromatic carbocycles. The van der Waals surface area contributed by atoms with E-state index in [1.807, 2.05) is 18.2 Å². The zero-order chi connectivity index (χ0) is 40.7. The number of imide groups is 2. The number of nitrogens with zero attached hydrogens (tertiary/aromatic N) is 7. The van der Waals surface area contributed by atoms with Crippen LogP contribution < -0.4 is 25.2 Å². The Labute approximate surface area is 341 Å². The van der Waals surface area contributed by atoms with Crippen LogP contribution in [-0.4, -0.2) is 107 Å². The van der Waals surface area contributed by atoms with Crippen LogP contribution in [0.3, 0.4) is 0 Å². The first-order chi connectivity index (χ1) is 27.9. The highest BCUT2D eigenvalue weighted by atomic mass is 35.5. The predicted octanol–water partition coefficient (Wildman–Crippen LogP) is 4.26.